The van der Waals surface area contributed by atoms with Gasteiger partial charge in [0.05, 0.1) is 13.2 Å². The molecular formula is C28H54O4. The van der Waals surface area contributed by atoms with Gasteiger partial charge in [-0.05, 0) is 26.2 Å². The molecule has 0 unspecified atom stereocenters. The van der Waals surface area contributed by atoms with Crippen molar-refractivity contribution < 1.29 is 19.1 Å². The molecule has 0 N–H and O–H groups in total. The van der Waals surface area contributed by atoms with Crippen LogP contribution in [-0.4, -0.2) is 25.2 Å². The number of esters is 2. The molecule has 0 heterocycles. The van der Waals surface area contributed by atoms with Crippen molar-refractivity contribution in [2.24, 2.45) is 0 Å². The van der Waals surface area contributed by atoms with Crippen LogP contribution in [-0.2, 0) is 19.1 Å². The standard InChI is InChI=1S/C28H54O4/c1-3-5-6-20-23-26-32-28(30)25-22-19-17-15-13-11-9-7-8-10-12-14-16-18-21-24-27(29)31-4-2/h3-26H2,1-2H3. The van der Waals surface area contributed by atoms with Gasteiger partial charge in [-0.3, -0.25) is 9.59 Å². The van der Waals surface area contributed by atoms with Crippen molar-refractivity contribution in [3.63, 3.8) is 0 Å². The van der Waals surface area contributed by atoms with Gasteiger partial charge in [-0.1, -0.05) is 116 Å². The van der Waals surface area contributed by atoms with Crippen LogP contribution in [0.4, 0.5) is 0 Å². The lowest BCUT2D eigenvalue weighted by molar-refractivity contribution is -0.144. The summed E-state index contributed by atoms with van der Waals surface area (Å²) in [5.74, 6) is -0.0480. The fourth-order valence-electron chi connectivity index (χ4n) is 4.03. The molecule has 0 radical (unpaired) electrons. The predicted octanol–water partition coefficient (Wildman–Crippen LogP) is 8.69. The van der Waals surface area contributed by atoms with Gasteiger partial charge in [0.25, 0.3) is 0 Å². The first-order chi connectivity index (χ1) is 15.7. The van der Waals surface area contributed by atoms with E-state index in [1.165, 1.54) is 96.3 Å². The molecule has 4 nitrogen and oxygen atoms in total. The number of ether oxygens (including phenoxy) is 2. The number of rotatable bonds is 25. The van der Waals surface area contributed by atoms with Gasteiger partial charge in [0.2, 0.25) is 0 Å². The zero-order chi connectivity index (χ0) is 23.5. The zero-order valence-corrected chi connectivity index (χ0v) is 21.6. The Kier molecular flexibility index (Phi) is 25.3. The van der Waals surface area contributed by atoms with Crippen LogP contribution in [0.3, 0.4) is 0 Å². The highest BCUT2D eigenvalue weighted by molar-refractivity contribution is 5.69. The second-order valence-electron chi connectivity index (χ2n) is 9.24. The van der Waals surface area contributed by atoms with E-state index in [9.17, 15) is 9.59 Å². The van der Waals surface area contributed by atoms with E-state index in [0.717, 1.165) is 32.1 Å². The number of hydrogen-bond acceptors (Lipinski definition) is 4. The summed E-state index contributed by atoms with van der Waals surface area (Å²) in [4.78, 5) is 22.9. The summed E-state index contributed by atoms with van der Waals surface area (Å²) in [6, 6.07) is 0. The average molecular weight is 455 g/mol. The van der Waals surface area contributed by atoms with Crippen LogP contribution < -0.4 is 0 Å². The fraction of sp³-hybridized carbons (Fsp3) is 0.929. The molecule has 0 saturated carbocycles. The Morgan fingerprint density at radius 3 is 1.19 bits per heavy atom. The normalized spacial score (nSPS) is 10.9. The van der Waals surface area contributed by atoms with Gasteiger partial charge in [-0.15, -0.1) is 0 Å². The van der Waals surface area contributed by atoms with Crippen molar-refractivity contribution >= 4 is 11.9 Å². The minimum Gasteiger partial charge on any atom is -0.466 e. The van der Waals surface area contributed by atoms with Crippen LogP contribution in [0.5, 0.6) is 0 Å². The van der Waals surface area contributed by atoms with Crippen molar-refractivity contribution in [1.29, 1.82) is 0 Å². The summed E-state index contributed by atoms with van der Waals surface area (Å²) < 4.78 is 10.2. The van der Waals surface area contributed by atoms with E-state index >= 15 is 0 Å². The van der Waals surface area contributed by atoms with Gasteiger partial charge in [0.15, 0.2) is 0 Å². The number of carbonyl (C=O) groups excluding carboxylic acids is 2. The van der Waals surface area contributed by atoms with Crippen LogP contribution in [0, 0.1) is 0 Å². The average Bonchev–Trinajstić information content (AvgIpc) is 2.78. The first-order valence-electron chi connectivity index (χ1n) is 14.0. The topological polar surface area (TPSA) is 52.6 Å². The third kappa shape index (κ3) is 25.2. The highest BCUT2D eigenvalue weighted by Gasteiger charge is 2.03. The van der Waals surface area contributed by atoms with Crippen molar-refractivity contribution in [3.8, 4) is 0 Å². The van der Waals surface area contributed by atoms with Crippen molar-refractivity contribution in [2.75, 3.05) is 13.2 Å². The van der Waals surface area contributed by atoms with E-state index < -0.39 is 0 Å². The van der Waals surface area contributed by atoms with E-state index in [2.05, 4.69) is 6.92 Å². The number of hydrogen-bond donors (Lipinski definition) is 0. The summed E-state index contributed by atoms with van der Waals surface area (Å²) in [7, 11) is 0. The minimum atomic E-state index is -0.0454. The molecule has 0 aliphatic rings. The Balaban J connectivity index is 3.14. The van der Waals surface area contributed by atoms with Crippen LogP contribution in [0.2, 0.25) is 0 Å². The smallest absolute Gasteiger partial charge is 0.305 e. The first-order valence-corrected chi connectivity index (χ1v) is 14.0. The Labute approximate surface area is 199 Å². The second-order valence-corrected chi connectivity index (χ2v) is 9.24. The largest absolute Gasteiger partial charge is 0.466 e. The first kappa shape index (κ1) is 30.9. The molecular weight excluding hydrogens is 400 g/mol. The van der Waals surface area contributed by atoms with Crippen molar-refractivity contribution in [2.45, 2.75) is 155 Å². The van der Waals surface area contributed by atoms with Gasteiger partial charge in [0.1, 0.15) is 0 Å². The van der Waals surface area contributed by atoms with Gasteiger partial charge < -0.3 is 9.47 Å². The third-order valence-corrected chi connectivity index (χ3v) is 6.08. The van der Waals surface area contributed by atoms with Crippen LogP contribution in [0.15, 0.2) is 0 Å². The molecule has 0 amide bonds. The number of carbonyl (C=O) groups is 2. The molecule has 190 valence electrons. The summed E-state index contributed by atoms with van der Waals surface area (Å²) >= 11 is 0. The maximum atomic E-state index is 11.7. The zero-order valence-electron chi connectivity index (χ0n) is 21.6. The number of unbranched alkanes of at least 4 members (excludes halogenated alkanes) is 18. The SMILES string of the molecule is CCCCCCCOC(=O)CCCCCCCCCCCCCCCCCC(=O)OCC. The molecule has 0 aliphatic heterocycles. The summed E-state index contributed by atoms with van der Waals surface area (Å²) in [5, 5.41) is 0. The molecule has 32 heavy (non-hydrogen) atoms. The molecule has 0 aromatic rings. The molecule has 0 aromatic carbocycles. The molecule has 0 bridgehead atoms. The Bertz CT molecular complexity index is 408. The highest BCUT2D eigenvalue weighted by atomic mass is 16.5. The van der Waals surface area contributed by atoms with Crippen molar-refractivity contribution in [3.05, 3.63) is 0 Å². The maximum Gasteiger partial charge on any atom is 0.305 e. The van der Waals surface area contributed by atoms with Gasteiger partial charge in [-0.25, -0.2) is 0 Å². The lowest BCUT2D eigenvalue weighted by atomic mass is 10.0. The quantitative estimate of drug-likeness (QED) is 0.102. The Morgan fingerprint density at radius 1 is 0.438 bits per heavy atom. The minimum absolute atomic E-state index is 0.00262. The molecule has 0 rings (SSSR count). The van der Waals surface area contributed by atoms with E-state index in [-0.39, 0.29) is 11.9 Å². The lowest BCUT2D eigenvalue weighted by Crippen LogP contribution is -2.05. The Morgan fingerprint density at radius 2 is 0.781 bits per heavy atom. The summed E-state index contributed by atoms with van der Waals surface area (Å²) in [6.07, 6.45) is 26.0. The molecule has 0 saturated heterocycles. The van der Waals surface area contributed by atoms with Gasteiger partial charge in [0, 0.05) is 12.8 Å². The van der Waals surface area contributed by atoms with Crippen LogP contribution >= 0.6 is 0 Å². The van der Waals surface area contributed by atoms with Gasteiger partial charge in [-0.2, -0.15) is 0 Å². The second kappa shape index (κ2) is 26.2. The van der Waals surface area contributed by atoms with E-state index in [1.807, 2.05) is 6.92 Å². The van der Waals surface area contributed by atoms with E-state index in [1.54, 1.807) is 0 Å². The Hall–Kier alpha value is -1.06. The van der Waals surface area contributed by atoms with Crippen LogP contribution in [0.25, 0.3) is 0 Å². The monoisotopic (exact) mass is 454 g/mol. The highest BCUT2D eigenvalue weighted by Crippen LogP contribution is 2.14. The third-order valence-electron chi connectivity index (χ3n) is 6.08. The molecule has 0 fully saturated rings. The van der Waals surface area contributed by atoms with Crippen LogP contribution in [0.1, 0.15) is 155 Å². The van der Waals surface area contributed by atoms with Crippen molar-refractivity contribution in [1.82, 2.24) is 0 Å². The molecule has 4 heteroatoms. The van der Waals surface area contributed by atoms with E-state index in [4.69, 9.17) is 9.47 Å². The van der Waals surface area contributed by atoms with Gasteiger partial charge >= 0.3 is 11.9 Å². The molecule has 0 spiro atoms. The summed E-state index contributed by atoms with van der Waals surface area (Å²) in [6.45, 7) is 5.18. The summed E-state index contributed by atoms with van der Waals surface area (Å²) in [5.41, 5.74) is 0. The fourth-order valence-corrected chi connectivity index (χ4v) is 4.03. The maximum absolute atomic E-state index is 11.7. The molecule has 0 aliphatic carbocycles. The van der Waals surface area contributed by atoms with E-state index in [0.29, 0.717) is 26.1 Å². The molecule has 0 atom stereocenters. The predicted molar refractivity (Wildman–Crippen MR) is 135 cm³/mol. The lowest BCUT2D eigenvalue weighted by Gasteiger charge is -2.05. The molecule has 0 aromatic heterocycles.